The van der Waals surface area contributed by atoms with Gasteiger partial charge in [0.05, 0.1) is 0 Å². The third kappa shape index (κ3) is 2.87. The fraction of sp³-hybridized carbons (Fsp3) is 0.200. The van der Waals surface area contributed by atoms with Crippen LogP contribution < -0.4 is 0 Å². The monoisotopic (exact) mass is 342 g/mol. The van der Waals surface area contributed by atoms with E-state index in [1.165, 1.54) is 24.3 Å². The van der Waals surface area contributed by atoms with E-state index in [0.29, 0.717) is 16.1 Å². The summed E-state index contributed by atoms with van der Waals surface area (Å²) < 4.78 is 50.7. The van der Waals surface area contributed by atoms with Gasteiger partial charge in [0.1, 0.15) is 23.3 Å². The molecule has 0 spiro atoms. The van der Waals surface area contributed by atoms with Crippen molar-refractivity contribution in [2.75, 3.05) is 5.75 Å². The minimum Gasteiger partial charge on any atom is -0.355 e. The second kappa shape index (κ2) is 5.31. The lowest BCUT2D eigenvalue weighted by Crippen LogP contribution is -2.23. The summed E-state index contributed by atoms with van der Waals surface area (Å²) >= 11 is 6.12. The van der Waals surface area contributed by atoms with Gasteiger partial charge in [0.2, 0.25) is 0 Å². The molecule has 0 saturated carbocycles. The first-order valence-corrected chi connectivity index (χ1v) is 8.44. The van der Waals surface area contributed by atoms with Crippen LogP contribution in [0.4, 0.5) is 4.39 Å². The molecule has 1 aliphatic heterocycles. The molecule has 2 aromatic carbocycles. The Morgan fingerprint density at radius 1 is 1.18 bits per heavy atom. The quantitative estimate of drug-likeness (QED) is 0.683. The topological polar surface area (TPSA) is 66.9 Å². The Kier molecular flexibility index (Phi) is 3.72. The minimum absolute atomic E-state index is 0.437. The molecule has 1 heterocycles. The van der Waals surface area contributed by atoms with Gasteiger partial charge in [-0.1, -0.05) is 41.9 Å². The van der Waals surface area contributed by atoms with Crippen molar-refractivity contribution in [1.82, 2.24) is 0 Å². The van der Waals surface area contributed by atoms with Crippen LogP contribution in [0.15, 0.2) is 48.5 Å². The highest BCUT2D eigenvalue weighted by Gasteiger charge is 2.61. The van der Waals surface area contributed by atoms with Gasteiger partial charge in [-0.05, 0) is 23.8 Å². The van der Waals surface area contributed by atoms with E-state index in [4.69, 9.17) is 16.3 Å². The van der Waals surface area contributed by atoms with Gasteiger partial charge < -0.3 is 4.74 Å². The number of ether oxygens (including phenoxy) is 1. The molecule has 2 atom stereocenters. The number of hydrogen-bond acceptors (Lipinski definition) is 3. The van der Waals surface area contributed by atoms with E-state index >= 15 is 0 Å². The molecule has 3 rings (SSSR count). The number of rotatable bonds is 4. The maximum atomic E-state index is 13.1. The standard InChI is InChI=1S/C15H12ClFO4S/c16-13-4-2-1-3-12(13)14-15(21-14,9-22(18,19)20)10-5-7-11(17)8-6-10/h1-8,14H,9H2,(H,18,19,20). The first-order valence-electron chi connectivity index (χ1n) is 6.45. The van der Waals surface area contributed by atoms with Crippen molar-refractivity contribution in [1.29, 1.82) is 0 Å². The zero-order valence-electron chi connectivity index (χ0n) is 11.2. The first kappa shape index (κ1) is 15.4. The minimum atomic E-state index is -4.29. The van der Waals surface area contributed by atoms with Crippen LogP contribution in [0.2, 0.25) is 5.02 Å². The van der Waals surface area contributed by atoms with Crippen LogP contribution in [-0.4, -0.2) is 18.7 Å². The van der Waals surface area contributed by atoms with Crippen LogP contribution in [-0.2, 0) is 20.5 Å². The average Bonchev–Trinajstić information content (AvgIpc) is 3.13. The van der Waals surface area contributed by atoms with Gasteiger partial charge >= 0.3 is 0 Å². The molecule has 0 radical (unpaired) electrons. The van der Waals surface area contributed by atoms with Gasteiger partial charge in [-0.25, -0.2) is 4.39 Å². The lowest BCUT2D eigenvalue weighted by Gasteiger charge is -2.12. The molecule has 0 amide bonds. The molecule has 116 valence electrons. The van der Waals surface area contributed by atoms with Crippen molar-refractivity contribution in [2.45, 2.75) is 11.7 Å². The highest BCUT2D eigenvalue weighted by Crippen LogP contribution is 2.58. The normalized spacial score (nSPS) is 24.2. The molecule has 1 saturated heterocycles. The summed E-state index contributed by atoms with van der Waals surface area (Å²) in [5.41, 5.74) is -0.166. The van der Waals surface area contributed by atoms with Crippen molar-refractivity contribution in [2.24, 2.45) is 0 Å². The third-order valence-electron chi connectivity index (χ3n) is 3.61. The van der Waals surface area contributed by atoms with Crippen molar-refractivity contribution in [3.63, 3.8) is 0 Å². The Hall–Kier alpha value is -1.47. The van der Waals surface area contributed by atoms with Gasteiger partial charge in [-0.3, -0.25) is 4.55 Å². The van der Waals surface area contributed by atoms with E-state index in [-0.39, 0.29) is 0 Å². The Morgan fingerprint density at radius 2 is 1.82 bits per heavy atom. The molecule has 1 N–H and O–H groups in total. The molecule has 4 nitrogen and oxygen atoms in total. The predicted molar refractivity (Wildman–Crippen MR) is 79.8 cm³/mol. The summed E-state index contributed by atoms with van der Waals surface area (Å²) in [7, 11) is -4.29. The lowest BCUT2D eigenvalue weighted by molar-refractivity contribution is 0.310. The second-order valence-corrected chi connectivity index (χ2v) is 7.00. The van der Waals surface area contributed by atoms with Gasteiger partial charge in [-0.2, -0.15) is 8.42 Å². The summed E-state index contributed by atoms with van der Waals surface area (Å²) in [4.78, 5) is 0. The molecule has 22 heavy (non-hydrogen) atoms. The fourth-order valence-corrected chi connectivity index (χ4v) is 3.76. The Bertz CT molecular complexity index is 807. The van der Waals surface area contributed by atoms with Crippen molar-refractivity contribution >= 4 is 21.7 Å². The summed E-state index contributed by atoms with van der Waals surface area (Å²) in [5, 5.41) is 0.437. The van der Waals surface area contributed by atoms with Gasteiger partial charge in [0.25, 0.3) is 10.1 Å². The Labute approximate surface area is 132 Å². The highest BCUT2D eigenvalue weighted by molar-refractivity contribution is 7.85. The summed E-state index contributed by atoms with van der Waals surface area (Å²) in [5.74, 6) is -1.07. The van der Waals surface area contributed by atoms with Crippen molar-refractivity contribution in [3.05, 3.63) is 70.5 Å². The zero-order chi connectivity index (χ0) is 16.0. The van der Waals surface area contributed by atoms with Crippen LogP contribution in [0.3, 0.4) is 0 Å². The Morgan fingerprint density at radius 3 is 2.41 bits per heavy atom. The number of hydrogen-bond donors (Lipinski definition) is 1. The molecule has 1 aliphatic rings. The summed E-state index contributed by atoms with van der Waals surface area (Å²) in [6.45, 7) is 0. The van der Waals surface area contributed by atoms with Crippen LogP contribution in [0.25, 0.3) is 0 Å². The van der Waals surface area contributed by atoms with Gasteiger partial charge in [0, 0.05) is 10.6 Å². The highest BCUT2D eigenvalue weighted by atomic mass is 35.5. The SMILES string of the molecule is O=S(=O)(O)CC1(c2ccc(F)cc2)OC1c1ccccc1Cl. The molecular weight excluding hydrogens is 331 g/mol. The van der Waals surface area contributed by atoms with Gasteiger partial charge in [0.15, 0.2) is 0 Å². The Balaban J connectivity index is 2.04. The average molecular weight is 343 g/mol. The van der Waals surface area contributed by atoms with E-state index in [0.717, 1.165) is 0 Å². The largest absolute Gasteiger partial charge is 0.355 e. The van der Waals surface area contributed by atoms with Crippen LogP contribution >= 0.6 is 11.6 Å². The molecule has 7 heteroatoms. The van der Waals surface area contributed by atoms with E-state index in [9.17, 15) is 17.4 Å². The molecule has 2 unspecified atom stereocenters. The maximum Gasteiger partial charge on any atom is 0.268 e. The lowest BCUT2D eigenvalue weighted by atomic mass is 9.93. The molecule has 0 bridgehead atoms. The molecule has 2 aromatic rings. The number of epoxide rings is 1. The first-order chi connectivity index (χ1) is 10.3. The fourth-order valence-electron chi connectivity index (χ4n) is 2.59. The predicted octanol–water partition coefficient (Wildman–Crippen LogP) is 3.33. The molecule has 0 aliphatic carbocycles. The number of halogens is 2. The van der Waals surface area contributed by atoms with Gasteiger partial charge in [-0.15, -0.1) is 0 Å². The van der Waals surface area contributed by atoms with E-state index in [1.807, 2.05) is 0 Å². The maximum absolute atomic E-state index is 13.1. The third-order valence-corrected chi connectivity index (χ3v) is 4.75. The molecule has 0 aromatic heterocycles. The summed E-state index contributed by atoms with van der Waals surface area (Å²) in [6.07, 6.45) is -0.617. The van der Waals surface area contributed by atoms with E-state index in [2.05, 4.69) is 0 Å². The summed E-state index contributed by atoms with van der Waals surface area (Å²) in [6, 6.07) is 12.2. The van der Waals surface area contributed by atoms with Crippen LogP contribution in [0, 0.1) is 5.82 Å². The van der Waals surface area contributed by atoms with Crippen molar-refractivity contribution in [3.8, 4) is 0 Å². The molecule has 1 fully saturated rings. The van der Waals surface area contributed by atoms with Crippen LogP contribution in [0.1, 0.15) is 17.2 Å². The number of benzene rings is 2. The second-order valence-electron chi connectivity index (χ2n) is 5.14. The molecular formula is C15H12ClFO4S. The van der Waals surface area contributed by atoms with Crippen LogP contribution in [0.5, 0.6) is 0 Å². The zero-order valence-corrected chi connectivity index (χ0v) is 12.8. The van der Waals surface area contributed by atoms with Crippen molar-refractivity contribution < 1.29 is 22.1 Å². The smallest absolute Gasteiger partial charge is 0.268 e. The van der Waals surface area contributed by atoms with E-state index < -0.39 is 33.4 Å². The van der Waals surface area contributed by atoms with E-state index in [1.54, 1.807) is 24.3 Å².